The second-order valence-corrected chi connectivity index (χ2v) is 10.3. The first kappa shape index (κ1) is 17.2. The minimum Gasteiger partial charge on any atom is -0.255 e. The van der Waals surface area contributed by atoms with Crippen molar-refractivity contribution in [3.05, 3.63) is 67.0 Å². The monoisotopic (exact) mass is 390 g/mol. The molecule has 0 unspecified atom stereocenters. The first-order valence-electron chi connectivity index (χ1n) is 6.20. The molecule has 3 aromatic rings. The number of halogens is 3. The molecule has 0 aliphatic carbocycles. The van der Waals surface area contributed by atoms with E-state index in [0.29, 0.717) is 0 Å². The molecule has 3 heterocycles. The number of nitrogens with zero attached hydrogens (tertiary/aromatic N) is 3. The molecule has 3 nitrogen and oxygen atoms in total. The number of hydrogen-bond donors (Lipinski definition) is 0. The molecule has 0 aliphatic heterocycles. The van der Waals surface area contributed by atoms with Gasteiger partial charge in [0.1, 0.15) is 0 Å². The molecule has 0 atom stereocenters. The van der Waals surface area contributed by atoms with Crippen LogP contribution in [0.5, 0.6) is 0 Å². The van der Waals surface area contributed by atoms with E-state index in [1.165, 1.54) is 0 Å². The zero-order chi connectivity index (χ0) is 15.8. The van der Waals surface area contributed by atoms with Crippen LogP contribution in [0.25, 0.3) is 22.8 Å². The van der Waals surface area contributed by atoms with Gasteiger partial charge in [0, 0.05) is 12.4 Å². The Morgan fingerprint density at radius 2 is 1.00 bits per heavy atom. The van der Waals surface area contributed by atoms with Gasteiger partial charge in [-0.25, -0.2) is 4.98 Å². The predicted molar refractivity (Wildman–Crippen MR) is 88.3 cm³/mol. The average molecular weight is 392 g/mol. The Morgan fingerprint density at radius 3 is 1.36 bits per heavy atom. The van der Waals surface area contributed by atoms with Crippen molar-refractivity contribution in [1.29, 1.82) is 0 Å². The topological polar surface area (TPSA) is 38.7 Å². The molecule has 0 spiro atoms. The van der Waals surface area contributed by atoms with E-state index in [0.717, 1.165) is 22.8 Å². The van der Waals surface area contributed by atoms with Crippen LogP contribution in [-0.2, 0) is 11.4 Å². The van der Waals surface area contributed by atoms with E-state index in [1.807, 2.05) is 54.6 Å². The van der Waals surface area contributed by atoms with Crippen molar-refractivity contribution in [2.75, 3.05) is 0 Å². The fourth-order valence-electron chi connectivity index (χ4n) is 1.75. The number of hydrogen-bond acceptors (Lipinski definition) is 3. The Morgan fingerprint density at radius 1 is 0.591 bits per heavy atom. The molecule has 0 saturated heterocycles. The van der Waals surface area contributed by atoms with E-state index in [9.17, 15) is 0 Å². The van der Waals surface area contributed by atoms with Crippen molar-refractivity contribution in [2.45, 2.75) is 0 Å². The standard InChI is InChI=1S/C15H11N3.3ClH.Cr/c1-3-10-16-12(6-1)14-8-5-9-15(18-14)13-7-2-4-11-17-13;;;;/h1-11H;3*1H;/q;;;;+3/p-3. The molecule has 0 aromatic carbocycles. The number of aromatic nitrogens is 3. The predicted octanol–water partition coefficient (Wildman–Crippen LogP) is 5.27. The van der Waals surface area contributed by atoms with Crippen LogP contribution in [-0.4, -0.2) is 15.0 Å². The quantitative estimate of drug-likeness (QED) is 0.597. The summed E-state index contributed by atoms with van der Waals surface area (Å²) in [7, 11) is 14.8. The summed E-state index contributed by atoms with van der Waals surface area (Å²) in [5, 5.41) is 0. The van der Waals surface area contributed by atoms with Crippen molar-refractivity contribution in [1.82, 2.24) is 15.0 Å². The van der Waals surface area contributed by atoms with Crippen molar-refractivity contribution in [3.8, 4) is 22.8 Å². The van der Waals surface area contributed by atoms with E-state index in [1.54, 1.807) is 12.4 Å². The summed E-state index contributed by atoms with van der Waals surface area (Å²) in [4.78, 5) is 13.2. The van der Waals surface area contributed by atoms with Gasteiger partial charge >= 0.3 is 41.5 Å². The van der Waals surface area contributed by atoms with Gasteiger partial charge in [-0.1, -0.05) is 18.2 Å². The van der Waals surface area contributed by atoms with Crippen LogP contribution in [0.2, 0.25) is 0 Å². The van der Waals surface area contributed by atoms with E-state index in [2.05, 4.69) is 15.0 Å². The molecular formula is C15H11Cl3CrN3. The Kier molecular flexibility index (Phi) is 7.12. The third-order valence-corrected chi connectivity index (χ3v) is 2.60. The normalized spacial score (nSPS) is 10.0. The molecular weight excluding hydrogens is 381 g/mol. The Balaban J connectivity index is 0.000000396. The van der Waals surface area contributed by atoms with Gasteiger partial charge in [0.15, 0.2) is 0 Å². The molecule has 0 radical (unpaired) electrons. The van der Waals surface area contributed by atoms with Gasteiger partial charge in [-0.05, 0) is 36.4 Å². The maximum Gasteiger partial charge on any atom is 0.0894 e. The van der Waals surface area contributed by atoms with Crippen LogP contribution < -0.4 is 0 Å². The van der Waals surface area contributed by atoms with Crippen LogP contribution >= 0.6 is 30.1 Å². The fraction of sp³-hybridized carbons (Fsp3) is 0. The first-order valence-corrected chi connectivity index (χ1v) is 11.5. The zero-order valence-electron chi connectivity index (χ0n) is 11.2. The summed E-state index contributed by atoms with van der Waals surface area (Å²) in [6.45, 7) is 0. The summed E-state index contributed by atoms with van der Waals surface area (Å²) in [6, 6.07) is 17.5. The molecule has 7 heteroatoms. The van der Waals surface area contributed by atoms with Gasteiger partial charge in [-0.2, -0.15) is 0 Å². The van der Waals surface area contributed by atoms with Gasteiger partial charge in [0.25, 0.3) is 0 Å². The maximum absolute atomic E-state index is 4.93. The van der Waals surface area contributed by atoms with Gasteiger partial charge in [-0.15, -0.1) is 0 Å². The molecule has 0 saturated carbocycles. The minimum atomic E-state index is -1.62. The molecule has 3 aromatic heterocycles. The Hall–Kier alpha value is -1.15. The summed E-state index contributed by atoms with van der Waals surface area (Å²) in [6.07, 6.45) is 3.54. The Labute approximate surface area is 145 Å². The van der Waals surface area contributed by atoms with Crippen LogP contribution in [0, 0.1) is 0 Å². The SMILES string of the molecule is [Cl][Cr]([Cl])[Cl].c1ccc(-c2cccc(-c3ccccn3)n2)nc1. The minimum absolute atomic E-state index is 0.860. The second-order valence-electron chi connectivity index (χ2n) is 4.01. The molecule has 0 N–H and O–H groups in total. The Bertz CT molecular complexity index is 639. The maximum atomic E-state index is 4.93. The van der Waals surface area contributed by atoms with Crippen molar-refractivity contribution < 1.29 is 11.4 Å². The smallest absolute Gasteiger partial charge is 0.0894 e. The van der Waals surface area contributed by atoms with Gasteiger partial charge in [-0.3, -0.25) is 9.97 Å². The van der Waals surface area contributed by atoms with Gasteiger partial charge < -0.3 is 0 Å². The fourth-order valence-corrected chi connectivity index (χ4v) is 1.75. The van der Waals surface area contributed by atoms with E-state index < -0.39 is 11.4 Å². The van der Waals surface area contributed by atoms with Gasteiger partial charge in [0.2, 0.25) is 0 Å². The molecule has 3 rings (SSSR count). The third-order valence-electron chi connectivity index (χ3n) is 2.60. The zero-order valence-corrected chi connectivity index (χ0v) is 14.8. The molecule has 0 amide bonds. The summed E-state index contributed by atoms with van der Waals surface area (Å²) in [5.74, 6) is 0. The second kappa shape index (κ2) is 9.10. The number of pyridine rings is 3. The van der Waals surface area contributed by atoms with Crippen molar-refractivity contribution in [2.24, 2.45) is 0 Å². The van der Waals surface area contributed by atoms with Crippen LogP contribution in [0.4, 0.5) is 0 Å². The largest absolute Gasteiger partial charge is 0.255 e. The average Bonchev–Trinajstić information content (AvgIpc) is 2.56. The van der Waals surface area contributed by atoms with Crippen LogP contribution in [0.3, 0.4) is 0 Å². The molecule has 0 fully saturated rings. The van der Waals surface area contributed by atoms with E-state index >= 15 is 0 Å². The van der Waals surface area contributed by atoms with Gasteiger partial charge in [0.05, 0.1) is 22.8 Å². The summed E-state index contributed by atoms with van der Waals surface area (Å²) in [5.41, 5.74) is 3.46. The first-order chi connectivity index (χ1) is 10.7. The number of rotatable bonds is 2. The molecule has 113 valence electrons. The van der Waals surface area contributed by atoms with E-state index in [4.69, 9.17) is 30.1 Å². The third kappa shape index (κ3) is 5.57. The van der Waals surface area contributed by atoms with Crippen LogP contribution in [0.15, 0.2) is 67.0 Å². The van der Waals surface area contributed by atoms with Crippen molar-refractivity contribution >= 4 is 30.1 Å². The molecule has 0 aliphatic rings. The summed E-state index contributed by atoms with van der Waals surface area (Å²) >= 11 is -1.62. The molecule has 22 heavy (non-hydrogen) atoms. The van der Waals surface area contributed by atoms with Crippen LogP contribution in [0.1, 0.15) is 0 Å². The van der Waals surface area contributed by atoms with E-state index in [-0.39, 0.29) is 0 Å². The summed E-state index contributed by atoms with van der Waals surface area (Å²) < 4.78 is 0. The van der Waals surface area contributed by atoms with Crippen molar-refractivity contribution in [3.63, 3.8) is 0 Å². The molecule has 0 bridgehead atoms.